The van der Waals surface area contributed by atoms with Gasteiger partial charge in [-0.2, -0.15) is 0 Å². The Morgan fingerprint density at radius 2 is 2.00 bits per heavy atom. The molecule has 3 rings (SSSR count). The van der Waals surface area contributed by atoms with Crippen LogP contribution in [0.3, 0.4) is 0 Å². The monoisotopic (exact) mass is 308 g/mol. The van der Waals surface area contributed by atoms with Crippen LogP contribution in [-0.4, -0.2) is 60.6 Å². The Balaban J connectivity index is 1.66. The van der Waals surface area contributed by atoms with Crippen molar-refractivity contribution in [2.75, 3.05) is 32.8 Å². The van der Waals surface area contributed by atoms with Gasteiger partial charge < -0.3 is 9.64 Å². The van der Waals surface area contributed by atoms with Gasteiger partial charge in [-0.1, -0.05) is 20.8 Å². The smallest absolute Gasteiger partial charge is 0.236 e. The van der Waals surface area contributed by atoms with Gasteiger partial charge in [-0.3, -0.25) is 9.69 Å². The lowest BCUT2D eigenvalue weighted by atomic mass is 9.56. The maximum Gasteiger partial charge on any atom is 0.236 e. The first kappa shape index (κ1) is 16.3. The summed E-state index contributed by atoms with van der Waals surface area (Å²) in [5.41, 5.74) is 0.179. The first-order valence-corrected chi connectivity index (χ1v) is 9.19. The molecule has 0 spiro atoms. The predicted molar refractivity (Wildman–Crippen MR) is 87.7 cm³/mol. The molecule has 4 nitrogen and oxygen atoms in total. The number of nitrogens with zero attached hydrogens (tertiary/aromatic N) is 2. The van der Waals surface area contributed by atoms with E-state index in [1.165, 1.54) is 19.3 Å². The summed E-state index contributed by atoms with van der Waals surface area (Å²) >= 11 is 0. The molecule has 4 heteroatoms. The zero-order valence-electron chi connectivity index (χ0n) is 14.5. The number of likely N-dealkylation sites (tertiary alicyclic amines) is 1. The third-order valence-corrected chi connectivity index (χ3v) is 5.99. The second kappa shape index (κ2) is 6.48. The minimum atomic E-state index is 0.179. The summed E-state index contributed by atoms with van der Waals surface area (Å²) in [6.45, 7) is 11.3. The van der Waals surface area contributed by atoms with E-state index in [1.807, 2.05) is 0 Å². The fourth-order valence-corrected chi connectivity index (χ4v) is 5.06. The van der Waals surface area contributed by atoms with Gasteiger partial charge in [0.15, 0.2) is 0 Å². The van der Waals surface area contributed by atoms with E-state index in [1.54, 1.807) is 0 Å². The lowest BCUT2D eigenvalue weighted by Crippen LogP contribution is -2.67. The van der Waals surface area contributed by atoms with Crippen molar-refractivity contribution in [3.63, 3.8) is 0 Å². The Morgan fingerprint density at radius 3 is 2.68 bits per heavy atom. The average Bonchev–Trinajstić information content (AvgIpc) is 2.94. The number of amides is 1. The van der Waals surface area contributed by atoms with Gasteiger partial charge in [0.25, 0.3) is 0 Å². The maximum absolute atomic E-state index is 12.7. The normalized spacial score (nSPS) is 33.6. The second-order valence-electron chi connectivity index (χ2n) is 7.92. The van der Waals surface area contributed by atoms with Crippen LogP contribution in [0.15, 0.2) is 0 Å². The summed E-state index contributed by atoms with van der Waals surface area (Å²) in [4.78, 5) is 17.2. The zero-order chi connectivity index (χ0) is 15.7. The number of rotatable bonds is 5. The lowest BCUT2D eigenvalue weighted by molar-refractivity contribution is -0.162. The fourth-order valence-electron chi connectivity index (χ4n) is 5.06. The highest BCUT2D eigenvalue weighted by atomic mass is 16.5. The second-order valence-corrected chi connectivity index (χ2v) is 7.92. The molecule has 2 heterocycles. The van der Waals surface area contributed by atoms with Crippen molar-refractivity contribution in [3.8, 4) is 0 Å². The van der Waals surface area contributed by atoms with Gasteiger partial charge in [0.05, 0.1) is 12.6 Å². The van der Waals surface area contributed by atoms with Gasteiger partial charge in [-0.05, 0) is 38.6 Å². The topological polar surface area (TPSA) is 32.8 Å². The molecule has 2 aliphatic heterocycles. The average molecular weight is 308 g/mol. The third-order valence-electron chi connectivity index (χ3n) is 5.99. The van der Waals surface area contributed by atoms with Crippen LogP contribution in [0.5, 0.6) is 0 Å². The van der Waals surface area contributed by atoms with Crippen LogP contribution in [0.25, 0.3) is 0 Å². The van der Waals surface area contributed by atoms with E-state index in [9.17, 15) is 4.79 Å². The number of hydrogen-bond acceptors (Lipinski definition) is 3. The highest BCUT2D eigenvalue weighted by Crippen LogP contribution is 2.54. The molecule has 3 fully saturated rings. The largest absolute Gasteiger partial charge is 0.377 e. The van der Waals surface area contributed by atoms with Crippen molar-refractivity contribution in [3.05, 3.63) is 0 Å². The van der Waals surface area contributed by atoms with E-state index in [2.05, 4.69) is 30.6 Å². The summed E-state index contributed by atoms with van der Waals surface area (Å²) in [5.74, 6) is 0.974. The van der Waals surface area contributed by atoms with Crippen molar-refractivity contribution in [1.82, 2.24) is 9.80 Å². The van der Waals surface area contributed by atoms with Crippen LogP contribution >= 0.6 is 0 Å². The van der Waals surface area contributed by atoms with Crippen LogP contribution in [-0.2, 0) is 9.53 Å². The Morgan fingerprint density at radius 1 is 1.27 bits per heavy atom. The molecule has 22 heavy (non-hydrogen) atoms. The van der Waals surface area contributed by atoms with Crippen LogP contribution in [0.4, 0.5) is 0 Å². The molecular weight excluding hydrogens is 276 g/mol. The van der Waals surface area contributed by atoms with E-state index >= 15 is 0 Å². The molecule has 3 unspecified atom stereocenters. The molecule has 1 saturated carbocycles. The summed E-state index contributed by atoms with van der Waals surface area (Å²) in [5, 5.41) is 0. The standard InChI is InChI=1S/C18H32N2O2/c1-4-9-20(13-15(21)19-10-6-5-7-11-19)16-14-8-12-22-17(14)18(16,2)3/h14,16-17H,4-13H2,1-3H3. The van der Waals surface area contributed by atoms with Gasteiger partial charge in [0.1, 0.15) is 0 Å². The van der Waals surface area contributed by atoms with Crippen molar-refractivity contribution in [1.29, 1.82) is 0 Å². The molecule has 1 aliphatic carbocycles. The van der Waals surface area contributed by atoms with Crippen LogP contribution in [0, 0.1) is 11.3 Å². The molecule has 0 N–H and O–H groups in total. The first-order chi connectivity index (χ1) is 10.6. The highest BCUT2D eigenvalue weighted by molar-refractivity contribution is 5.78. The maximum atomic E-state index is 12.7. The number of piperidine rings is 1. The van der Waals surface area contributed by atoms with E-state index < -0.39 is 0 Å². The van der Waals surface area contributed by atoms with Gasteiger partial charge in [0, 0.05) is 37.1 Å². The SMILES string of the molecule is CCCN(CC(=O)N1CCCCC1)C1C2CCOC2C1(C)C. The summed E-state index contributed by atoms with van der Waals surface area (Å²) < 4.78 is 5.92. The quantitative estimate of drug-likeness (QED) is 0.782. The number of carbonyl (C=O) groups excluding carboxylic acids is 1. The molecule has 1 amide bonds. The molecule has 3 aliphatic rings. The van der Waals surface area contributed by atoms with Crippen molar-refractivity contribution in [2.24, 2.45) is 11.3 Å². The highest BCUT2D eigenvalue weighted by Gasteiger charge is 2.61. The van der Waals surface area contributed by atoms with Crippen molar-refractivity contribution in [2.45, 2.75) is 65.0 Å². The fraction of sp³-hybridized carbons (Fsp3) is 0.944. The summed E-state index contributed by atoms with van der Waals surface area (Å²) in [7, 11) is 0. The van der Waals surface area contributed by atoms with E-state index in [-0.39, 0.29) is 5.41 Å². The molecule has 0 aromatic rings. The number of fused-ring (bicyclic) bond motifs is 1. The predicted octanol–water partition coefficient (Wildman–Crippen LogP) is 2.52. The van der Waals surface area contributed by atoms with Gasteiger partial charge in [-0.15, -0.1) is 0 Å². The molecule has 126 valence electrons. The Hall–Kier alpha value is -0.610. The molecular formula is C18H32N2O2. The van der Waals surface area contributed by atoms with E-state index in [0.717, 1.165) is 39.1 Å². The van der Waals surface area contributed by atoms with Gasteiger partial charge in [-0.25, -0.2) is 0 Å². The van der Waals surface area contributed by atoms with E-state index in [4.69, 9.17) is 4.74 Å². The lowest BCUT2D eigenvalue weighted by Gasteiger charge is -2.58. The number of carbonyl (C=O) groups is 1. The van der Waals surface area contributed by atoms with Crippen LogP contribution < -0.4 is 0 Å². The van der Waals surface area contributed by atoms with E-state index in [0.29, 0.717) is 30.5 Å². The molecule has 2 saturated heterocycles. The summed E-state index contributed by atoms with van der Waals surface area (Å²) in [6.07, 6.45) is 6.30. The number of ether oxygens (including phenoxy) is 1. The third kappa shape index (κ3) is 2.80. The molecule has 0 bridgehead atoms. The minimum Gasteiger partial charge on any atom is -0.377 e. The number of hydrogen-bond donors (Lipinski definition) is 0. The summed E-state index contributed by atoms with van der Waals surface area (Å²) in [6, 6.07) is 0.508. The Bertz CT molecular complexity index is 404. The molecule has 0 aromatic carbocycles. The van der Waals surface area contributed by atoms with Gasteiger partial charge >= 0.3 is 0 Å². The van der Waals surface area contributed by atoms with Crippen molar-refractivity contribution >= 4 is 5.91 Å². The molecule has 0 radical (unpaired) electrons. The Labute approximate surface area is 135 Å². The van der Waals surface area contributed by atoms with Crippen LogP contribution in [0.2, 0.25) is 0 Å². The molecule has 0 aromatic heterocycles. The zero-order valence-corrected chi connectivity index (χ0v) is 14.5. The van der Waals surface area contributed by atoms with Crippen LogP contribution in [0.1, 0.15) is 52.9 Å². The van der Waals surface area contributed by atoms with Crippen molar-refractivity contribution < 1.29 is 9.53 Å². The first-order valence-electron chi connectivity index (χ1n) is 9.19. The Kier molecular flexibility index (Phi) is 4.79. The molecule has 3 atom stereocenters. The van der Waals surface area contributed by atoms with Gasteiger partial charge in [0.2, 0.25) is 5.91 Å². The minimum absolute atomic E-state index is 0.179.